The van der Waals surface area contributed by atoms with Crippen LogP contribution in [-0.4, -0.2) is 30.2 Å². The van der Waals surface area contributed by atoms with Crippen molar-refractivity contribution in [2.24, 2.45) is 0 Å². The Labute approximate surface area is 145 Å². The van der Waals surface area contributed by atoms with Crippen molar-refractivity contribution in [3.63, 3.8) is 0 Å². The second kappa shape index (κ2) is 7.70. The van der Waals surface area contributed by atoms with E-state index in [-0.39, 0.29) is 5.91 Å². The van der Waals surface area contributed by atoms with Gasteiger partial charge in [0, 0.05) is 13.0 Å². The second-order valence-corrected chi connectivity index (χ2v) is 5.82. The van der Waals surface area contributed by atoms with Crippen LogP contribution in [0.3, 0.4) is 0 Å². The molecular formula is C19H19NO5. The van der Waals surface area contributed by atoms with Crippen molar-refractivity contribution in [1.29, 1.82) is 0 Å². The van der Waals surface area contributed by atoms with Crippen LogP contribution in [-0.2, 0) is 29.0 Å². The smallest absolute Gasteiger partial charge is 0.341 e. The number of ether oxygens (including phenoxy) is 2. The van der Waals surface area contributed by atoms with Gasteiger partial charge in [0.1, 0.15) is 11.5 Å². The van der Waals surface area contributed by atoms with E-state index >= 15 is 0 Å². The van der Waals surface area contributed by atoms with Crippen molar-refractivity contribution in [2.45, 2.75) is 19.4 Å². The van der Waals surface area contributed by atoms with Crippen LogP contribution < -0.4 is 14.8 Å². The first-order valence-electron chi connectivity index (χ1n) is 8.05. The van der Waals surface area contributed by atoms with E-state index in [9.17, 15) is 9.59 Å². The molecule has 0 radical (unpaired) electrons. The van der Waals surface area contributed by atoms with Crippen molar-refractivity contribution in [1.82, 2.24) is 5.32 Å². The van der Waals surface area contributed by atoms with Crippen LogP contribution in [0, 0.1) is 0 Å². The van der Waals surface area contributed by atoms with Crippen LogP contribution in [0.5, 0.6) is 11.5 Å². The molecule has 1 aliphatic heterocycles. The molecule has 0 fully saturated rings. The zero-order chi connectivity index (χ0) is 17.6. The fraction of sp³-hybridized carbons (Fsp3) is 0.263. The molecule has 2 N–H and O–H groups in total. The van der Waals surface area contributed by atoms with Crippen LogP contribution in [0.2, 0.25) is 0 Å². The number of hydrogen-bond donors (Lipinski definition) is 2. The Morgan fingerprint density at radius 2 is 2.04 bits per heavy atom. The first-order valence-corrected chi connectivity index (χ1v) is 8.05. The van der Waals surface area contributed by atoms with Crippen molar-refractivity contribution in [3.8, 4) is 11.5 Å². The van der Waals surface area contributed by atoms with E-state index in [2.05, 4.69) is 5.32 Å². The van der Waals surface area contributed by atoms with Crippen LogP contribution >= 0.6 is 0 Å². The Morgan fingerprint density at radius 3 is 2.88 bits per heavy atom. The molecule has 1 aliphatic rings. The summed E-state index contributed by atoms with van der Waals surface area (Å²) in [6.45, 7) is 0.667. The minimum Gasteiger partial charge on any atom is -0.493 e. The third kappa shape index (κ3) is 4.73. The summed E-state index contributed by atoms with van der Waals surface area (Å²) in [5.74, 6) is 0.268. The molecule has 1 amide bonds. The molecule has 2 aromatic rings. The Morgan fingerprint density at radius 1 is 1.16 bits per heavy atom. The number of benzene rings is 2. The first kappa shape index (κ1) is 16.8. The summed E-state index contributed by atoms with van der Waals surface area (Å²) in [6.07, 6.45) is 1.19. The molecule has 6 nitrogen and oxygen atoms in total. The number of amides is 1. The van der Waals surface area contributed by atoms with Crippen LogP contribution in [0.4, 0.5) is 0 Å². The monoisotopic (exact) mass is 341 g/mol. The number of hydrogen-bond acceptors (Lipinski definition) is 4. The van der Waals surface area contributed by atoms with Crippen molar-refractivity contribution < 1.29 is 24.2 Å². The van der Waals surface area contributed by atoms with Crippen LogP contribution in [0.25, 0.3) is 0 Å². The van der Waals surface area contributed by atoms with E-state index in [4.69, 9.17) is 14.6 Å². The molecule has 25 heavy (non-hydrogen) atoms. The highest BCUT2D eigenvalue weighted by atomic mass is 16.5. The Balaban J connectivity index is 1.52. The average molecular weight is 341 g/mol. The average Bonchev–Trinajstić information content (AvgIpc) is 3.06. The number of carbonyl (C=O) groups excluding carboxylic acids is 1. The number of carbonyl (C=O) groups is 2. The standard InChI is InChI=1S/C19H19NO5/c21-18(10-13-4-5-17-15(8-13)6-7-24-17)20-11-14-2-1-3-16(9-14)25-12-19(22)23/h1-5,8-9H,6-7,10-12H2,(H,20,21)(H,22,23). The molecule has 0 spiro atoms. The highest BCUT2D eigenvalue weighted by Crippen LogP contribution is 2.26. The van der Waals surface area contributed by atoms with E-state index in [1.807, 2.05) is 24.3 Å². The fourth-order valence-electron chi connectivity index (χ4n) is 2.69. The molecule has 0 saturated heterocycles. The van der Waals surface area contributed by atoms with Gasteiger partial charge in [-0.1, -0.05) is 24.3 Å². The minimum atomic E-state index is -1.03. The summed E-state index contributed by atoms with van der Waals surface area (Å²) < 4.78 is 10.6. The lowest BCUT2D eigenvalue weighted by Gasteiger charge is -2.08. The number of carboxylic acids is 1. The quantitative estimate of drug-likeness (QED) is 0.804. The molecule has 6 heteroatoms. The molecule has 0 aromatic heterocycles. The van der Waals surface area contributed by atoms with Crippen molar-refractivity contribution >= 4 is 11.9 Å². The van der Waals surface area contributed by atoms with E-state index in [0.29, 0.717) is 25.3 Å². The molecular weight excluding hydrogens is 322 g/mol. The lowest BCUT2D eigenvalue weighted by molar-refractivity contribution is -0.139. The summed E-state index contributed by atoms with van der Waals surface area (Å²) in [4.78, 5) is 22.7. The Hall–Kier alpha value is -3.02. The number of aliphatic carboxylic acids is 1. The van der Waals surface area contributed by atoms with Gasteiger partial charge in [-0.2, -0.15) is 0 Å². The van der Waals surface area contributed by atoms with E-state index < -0.39 is 12.6 Å². The first-order chi connectivity index (χ1) is 12.1. The maximum atomic E-state index is 12.1. The Bertz CT molecular complexity index is 787. The van der Waals surface area contributed by atoms with E-state index in [1.54, 1.807) is 18.2 Å². The van der Waals surface area contributed by atoms with Crippen molar-refractivity contribution in [3.05, 3.63) is 59.2 Å². The highest BCUT2D eigenvalue weighted by Gasteiger charge is 2.13. The number of nitrogens with one attached hydrogen (secondary N) is 1. The zero-order valence-electron chi connectivity index (χ0n) is 13.7. The molecule has 1 heterocycles. The SMILES string of the molecule is O=C(O)COc1cccc(CNC(=O)Cc2ccc3c(c2)CCO3)c1. The zero-order valence-corrected chi connectivity index (χ0v) is 13.7. The van der Waals surface area contributed by atoms with Gasteiger partial charge in [0.2, 0.25) is 5.91 Å². The minimum absolute atomic E-state index is 0.0734. The van der Waals surface area contributed by atoms with Crippen LogP contribution in [0.15, 0.2) is 42.5 Å². The van der Waals surface area contributed by atoms with E-state index in [1.165, 1.54) is 0 Å². The molecule has 130 valence electrons. The molecule has 0 aliphatic carbocycles. The number of fused-ring (bicyclic) bond motifs is 1. The molecule has 0 atom stereocenters. The predicted octanol–water partition coefficient (Wildman–Crippen LogP) is 1.94. The summed E-state index contributed by atoms with van der Waals surface area (Å²) in [6, 6.07) is 12.8. The molecule has 0 unspecified atom stereocenters. The molecule has 0 bridgehead atoms. The summed E-state index contributed by atoms with van der Waals surface area (Å²) in [5, 5.41) is 11.5. The number of carboxylic acid groups (broad SMARTS) is 1. The Kier molecular flexibility index (Phi) is 5.18. The lowest BCUT2D eigenvalue weighted by Crippen LogP contribution is -2.24. The summed E-state index contributed by atoms with van der Waals surface area (Å²) >= 11 is 0. The predicted molar refractivity (Wildman–Crippen MR) is 90.8 cm³/mol. The molecule has 2 aromatic carbocycles. The fourth-order valence-corrected chi connectivity index (χ4v) is 2.69. The lowest BCUT2D eigenvalue weighted by atomic mass is 10.1. The van der Waals surface area contributed by atoms with E-state index in [0.717, 1.165) is 28.9 Å². The normalized spacial score (nSPS) is 12.2. The van der Waals surface area contributed by atoms with Gasteiger partial charge in [-0.15, -0.1) is 0 Å². The number of rotatable bonds is 7. The third-order valence-corrected chi connectivity index (χ3v) is 3.87. The maximum Gasteiger partial charge on any atom is 0.341 e. The summed E-state index contributed by atoms with van der Waals surface area (Å²) in [5.41, 5.74) is 2.95. The summed E-state index contributed by atoms with van der Waals surface area (Å²) in [7, 11) is 0. The molecule has 3 rings (SSSR count). The van der Waals surface area contributed by atoms with Gasteiger partial charge in [-0.05, 0) is 34.9 Å². The van der Waals surface area contributed by atoms with Crippen molar-refractivity contribution in [2.75, 3.05) is 13.2 Å². The van der Waals surface area contributed by atoms with Gasteiger partial charge >= 0.3 is 5.97 Å². The maximum absolute atomic E-state index is 12.1. The van der Waals surface area contributed by atoms with Gasteiger partial charge in [0.05, 0.1) is 13.0 Å². The highest BCUT2D eigenvalue weighted by molar-refractivity contribution is 5.78. The largest absolute Gasteiger partial charge is 0.493 e. The van der Waals surface area contributed by atoms with Gasteiger partial charge in [0.15, 0.2) is 6.61 Å². The van der Waals surface area contributed by atoms with Crippen LogP contribution in [0.1, 0.15) is 16.7 Å². The third-order valence-electron chi connectivity index (χ3n) is 3.87. The second-order valence-electron chi connectivity index (χ2n) is 5.82. The van der Waals surface area contributed by atoms with Gasteiger partial charge in [-0.25, -0.2) is 4.79 Å². The van der Waals surface area contributed by atoms with Gasteiger partial charge in [0.25, 0.3) is 0 Å². The van der Waals surface area contributed by atoms with Gasteiger partial charge < -0.3 is 19.9 Å². The topological polar surface area (TPSA) is 84.9 Å². The molecule has 0 saturated carbocycles. The van der Waals surface area contributed by atoms with Gasteiger partial charge in [-0.3, -0.25) is 4.79 Å².